The van der Waals surface area contributed by atoms with E-state index in [-0.39, 0.29) is 11.8 Å². The van der Waals surface area contributed by atoms with Crippen LogP contribution < -0.4 is 10.2 Å². The smallest absolute Gasteiger partial charge is 0.407 e. The molecule has 0 spiro atoms. The summed E-state index contributed by atoms with van der Waals surface area (Å²) in [6.07, 6.45) is 3.01. The number of likely N-dealkylation sites (N-methyl/N-ethyl adjacent to an activating group) is 1. The quantitative estimate of drug-likeness (QED) is 0.455. The third-order valence-electron chi connectivity index (χ3n) is 5.41. The molecular formula is C21H21ClN6O3. The third-order valence-corrected chi connectivity index (χ3v) is 5.62. The molecule has 1 unspecified atom stereocenters. The van der Waals surface area contributed by atoms with Gasteiger partial charge in [-0.3, -0.25) is 9.78 Å². The first-order valence-corrected chi connectivity index (χ1v) is 10.1. The van der Waals surface area contributed by atoms with Gasteiger partial charge in [0, 0.05) is 26.3 Å². The van der Waals surface area contributed by atoms with Gasteiger partial charge in [0.1, 0.15) is 16.5 Å². The Balaban J connectivity index is 1.58. The maximum atomic E-state index is 12.1. The van der Waals surface area contributed by atoms with Gasteiger partial charge in [0.2, 0.25) is 0 Å². The Kier molecular flexibility index (Phi) is 5.60. The van der Waals surface area contributed by atoms with Crippen LogP contribution in [-0.2, 0) is 0 Å². The van der Waals surface area contributed by atoms with E-state index >= 15 is 0 Å². The van der Waals surface area contributed by atoms with Crippen molar-refractivity contribution in [2.75, 3.05) is 30.4 Å². The van der Waals surface area contributed by atoms with Gasteiger partial charge in [-0.1, -0.05) is 11.6 Å². The normalized spacial score (nSPS) is 15.8. The van der Waals surface area contributed by atoms with Crippen molar-refractivity contribution in [1.29, 1.82) is 0 Å². The molecule has 9 nitrogen and oxygen atoms in total. The number of carbonyl (C=O) groups is 2. The van der Waals surface area contributed by atoms with Gasteiger partial charge in [-0.05, 0) is 37.6 Å². The molecule has 31 heavy (non-hydrogen) atoms. The number of anilines is 3. The van der Waals surface area contributed by atoms with Gasteiger partial charge < -0.3 is 20.2 Å². The summed E-state index contributed by atoms with van der Waals surface area (Å²) >= 11 is 6.06. The van der Waals surface area contributed by atoms with Crippen LogP contribution in [0.4, 0.5) is 22.0 Å². The zero-order valence-electron chi connectivity index (χ0n) is 17.0. The summed E-state index contributed by atoms with van der Waals surface area (Å²) < 4.78 is 0. The molecule has 0 aromatic carbocycles. The van der Waals surface area contributed by atoms with E-state index in [9.17, 15) is 14.7 Å². The lowest BCUT2D eigenvalue weighted by atomic mass is 10.1. The number of hydrogen-bond donors (Lipinski definition) is 2. The second-order valence-electron chi connectivity index (χ2n) is 7.42. The molecule has 1 aliphatic heterocycles. The summed E-state index contributed by atoms with van der Waals surface area (Å²) in [5.74, 6) is 0.619. The Bertz CT molecular complexity index is 1150. The number of rotatable bonds is 5. The SMILES string of the molecule is CC(=O)c1cnc2ccc(Cl)nc2c1Nc1ccc(N2CCC(N(C)C(=O)O)C2)nc1. The number of carboxylic acid groups (broad SMARTS) is 1. The monoisotopic (exact) mass is 440 g/mol. The molecule has 1 aliphatic rings. The molecule has 2 N–H and O–H groups in total. The Morgan fingerprint density at radius 3 is 2.71 bits per heavy atom. The summed E-state index contributed by atoms with van der Waals surface area (Å²) in [4.78, 5) is 39.9. The first kappa shape index (κ1) is 20.8. The second kappa shape index (κ2) is 8.35. The largest absolute Gasteiger partial charge is 0.465 e. The van der Waals surface area contributed by atoms with E-state index in [2.05, 4.69) is 25.2 Å². The molecule has 1 fully saturated rings. The predicted molar refractivity (Wildman–Crippen MR) is 118 cm³/mol. The highest BCUT2D eigenvalue weighted by molar-refractivity contribution is 6.30. The molecule has 0 saturated carbocycles. The molecule has 0 bridgehead atoms. The summed E-state index contributed by atoms with van der Waals surface area (Å²) in [5, 5.41) is 12.7. The number of halogens is 1. The van der Waals surface area contributed by atoms with Gasteiger partial charge in [0.05, 0.1) is 34.7 Å². The van der Waals surface area contributed by atoms with Crippen molar-refractivity contribution in [3.05, 3.63) is 47.4 Å². The summed E-state index contributed by atoms with van der Waals surface area (Å²) in [6, 6.07) is 7.06. The molecule has 3 aromatic rings. The molecule has 4 heterocycles. The van der Waals surface area contributed by atoms with E-state index in [1.54, 1.807) is 25.4 Å². The van der Waals surface area contributed by atoms with Gasteiger partial charge in [0.15, 0.2) is 5.78 Å². The molecule has 1 saturated heterocycles. The van der Waals surface area contributed by atoms with Crippen LogP contribution in [0.1, 0.15) is 23.7 Å². The minimum absolute atomic E-state index is 0.0609. The highest BCUT2D eigenvalue weighted by atomic mass is 35.5. The number of aromatic nitrogens is 3. The van der Waals surface area contributed by atoms with Gasteiger partial charge >= 0.3 is 6.09 Å². The first-order chi connectivity index (χ1) is 14.8. The average molecular weight is 441 g/mol. The van der Waals surface area contributed by atoms with Crippen molar-refractivity contribution in [3.63, 3.8) is 0 Å². The molecule has 10 heteroatoms. The van der Waals surface area contributed by atoms with Crippen LogP contribution in [0.3, 0.4) is 0 Å². The Labute approximate surface area is 183 Å². The zero-order chi connectivity index (χ0) is 22.1. The zero-order valence-corrected chi connectivity index (χ0v) is 17.8. The van der Waals surface area contributed by atoms with Crippen LogP contribution in [-0.4, -0.2) is 63.0 Å². The number of pyridine rings is 3. The van der Waals surface area contributed by atoms with Crippen LogP contribution in [0.5, 0.6) is 0 Å². The molecule has 0 aliphatic carbocycles. The highest BCUT2D eigenvalue weighted by Gasteiger charge is 2.28. The molecule has 0 radical (unpaired) electrons. The second-order valence-corrected chi connectivity index (χ2v) is 7.80. The van der Waals surface area contributed by atoms with E-state index < -0.39 is 6.09 Å². The van der Waals surface area contributed by atoms with Crippen molar-refractivity contribution in [1.82, 2.24) is 19.9 Å². The summed E-state index contributed by atoms with van der Waals surface area (Å²) in [5.41, 5.74) is 2.73. The minimum Gasteiger partial charge on any atom is -0.465 e. The number of Topliss-reactive ketones (excluding diaryl/α,β-unsaturated/α-hetero) is 1. The lowest BCUT2D eigenvalue weighted by Crippen LogP contribution is -2.38. The van der Waals surface area contributed by atoms with Crippen LogP contribution in [0.2, 0.25) is 5.15 Å². The van der Waals surface area contributed by atoms with E-state index in [0.29, 0.717) is 39.7 Å². The third kappa shape index (κ3) is 4.22. The van der Waals surface area contributed by atoms with E-state index in [4.69, 9.17) is 11.6 Å². The van der Waals surface area contributed by atoms with Crippen molar-refractivity contribution >= 4 is 51.7 Å². The van der Waals surface area contributed by atoms with Crippen LogP contribution in [0, 0.1) is 0 Å². The number of ketones is 1. The van der Waals surface area contributed by atoms with Gasteiger partial charge in [-0.25, -0.2) is 14.8 Å². The topological polar surface area (TPSA) is 112 Å². The fraction of sp³-hybridized carbons (Fsp3) is 0.286. The molecule has 160 valence electrons. The number of carbonyl (C=O) groups excluding carboxylic acids is 1. The van der Waals surface area contributed by atoms with Gasteiger partial charge in [0.25, 0.3) is 0 Å². The maximum absolute atomic E-state index is 12.1. The van der Waals surface area contributed by atoms with Crippen LogP contribution >= 0.6 is 11.6 Å². The Morgan fingerprint density at radius 1 is 1.23 bits per heavy atom. The van der Waals surface area contributed by atoms with E-state index in [1.165, 1.54) is 18.0 Å². The summed E-state index contributed by atoms with van der Waals surface area (Å²) in [7, 11) is 1.59. The van der Waals surface area contributed by atoms with E-state index in [1.807, 2.05) is 12.1 Å². The number of nitrogens with zero attached hydrogens (tertiary/aromatic N) is 5. The van der Waals surface area contributed by atoms with Gasteiger partial charge in [-0.15, -0.1) is 0 Å². The number of hydrogen-bond acceptors (Lipinski definition) is 7. The summed E-state index contributed by atoms with van der Waals surface area (Å²) in [6.45, 7) is 2.79. The lowest BCUT2D eigenvalue weighted by molar-refractivity contribution is 0.101. The van der Waals surface area contributed by atoms with Crippen molar-refractivity contribution < 1.29 is 14.7 Å². The number of fused-ring (bicyclic) bond motifs is 1. The average Bonchev–Trinajstić information content (AvgIpc) is 3.24. The lowest BCUT2D eigenvalue weighted by Gasteiger charge is -2.22. The number of nitrogens with one attached hydrogen (secondary N) is 1. The molecule has 1 amide bonds. The van der Waals surface area contributed by atoms with Crippen molar-refractivity contribution in [2.45, 2.75) is 19.4 Å². The minimum atomic E-state index is -0.932. The Morgan fingerprint density at radius 2 is 2.03 bits per heavy atom. The maximum Gasteiger partial charge on any atom is 0.407 e. The van der Waals surface area contributed by atoms with Gasteiger partial charge in [-0.2, -0.15) is 0 Å². The molecule has 3 aromatic heterocycles. The van der Waals surface area contributed by atoms with Crippen molar-refractivity contribution in [3.8, 4) is 0 Å². The fourth-order valence-corrected chi connectivity index (χ4v) is 3.80. The highest BCUT2D eigenvalue weighted by Crippen LogP contribution is 2.30. The predicted octanol–water partition coefficient (Wildman–Crippen LogP) is 3.81. The molecular weight excluding hydrogens is 420 g/mol. The fourth-order valence-electron chi connectivity index (χ4n) is 3.65. The van der Waals surface area contributed by atoms with Crippen LogP contribution in [0.15, 0.2) is 36.7 Å². The first-order valence-electron chi connectivity index (χ1n) is 9.73. The standard InChI is InChI=1S/C21H21ClN6O3/c1-12(29)15-10-23-16-4-5-17(22)26-20(16)19(15)25-13-3-6-18(24-9-13)28-8-7-14(11-28)27(2)21(30)31/h3-6,9-10,14H,7-8,11H2,1-2H3,(H,23,25)(H,30,31). The van der Waals surface area contributed by atoms with Crippen molar-refractivity contribution in [2.24, 2.45) is 0 Å². The number of amides is 1. The van der Waals surface area contributed by atoms with Crippen LogP contribution in [0.25, 0.3) is 11.0 Å². The molecule has 1 atom stereocenters. The Hall–Kier alpha value is -3.46. The molecule has 4 rings (SSSR count). The van der Waals surface area contributed by atoms with E-state index in [0.717, 1.165) is 18.8 Å².